The van der Waals surface area contributed by atoms with Gasteiger partial charge in [0.1, 0.15) is 0 Å². The van der Waals surface area contributed by atoms with Gasteiger partial charge in [0.05, 0.1) is 0 Å². The predicted octanol–water partition coefficient (Wildman–Crippen LogP) is 5.05. The molecular weight excluding hydrogens is 388 g/mol. The molecule has 4 rings (SSSR count). The second kappa shape index (κ2) is 10.1. The highest BCUT2D eigenvalue weighted by Crippen LogP contribution is 2.29. The lowest BCUT2D eigenvalue weighted by Crippen LogP contribution is -2.26. The van der Waals surface area contributed by atoms with Crippen molar-refractivity contribution in [3.8, 4) is 11.4 Å². The standard InChI is InChI=1S/C22H26N4S.ClH/c1-26-21(18-10-3-2-4-11-18)24-25-22(26)27-16-8-15-23-20-14-7-12-17-9-5-6-13-19(17)20;/h2-6,9-11,13,20,23H,7-8,12,14-16H2,1H3;1H. The second-order valence-electron chi connectivity index (χ2n) is 7.03. The molecular formula is C22H27ClN4S. The molecule has 0 bridgehead atoms. The molecule has 3 aromatic rings. The molecule has 1 aromatic heterocycles. The molecule has 0 saturated carbocycles. The normalized spacial score (nSPS) is 15.7. The molecule has 1 heterocycles. The molecule has 0 saturated heterocycles. The third kappa shape index (κ3) is 4.77. The largest absolute Gasteiger partial charge is 0.310 e. The van der Waals surface area contributed by atoms with Crippen molar-refractivity contribution in [2.75, 3.05) is 12.3 Å². The minimum atomic E-state index is 0. The third-order valence-corrected chi connectivity index (χ3v) is 6.29. The number of nitrogens with zero attached hydrogens (tertiary/aromatic N) is 3. The van der Waals surface area contributed by atoms with Gasteiger partial charge in [0, 0.05) is 24.4 Å². The van der Waals surface area contributed by atoms with Crippen LogP contribution in [0.25, 0.3) is 11.4 Å². The van der Waals surface area contributed by atoms with Gasteiger partial charge in [0.15, 0.2) is 11.0 Å². The van der Waals surface area contributed by atoms with Gasteiger partial charge in [-0.2, -0.15) is 0 Å². The highest BCUT2D eigenvalue weighted by atomic mass is 35.5. The minimum Gasteiger partial charge on any atom is -0.310 e. The molecule has 1 N–H and O–H groups in total. The molecule has 1 unspecified atom stereocenters. The summed E-state index contributed by atoms with van der Waals surface area (Å²) in [5.41, 5.74) is 4.12. The molecule has 0 fully saturated rings. The Morgan fingerprint density at radius 1 is 1.07 bits per heavy atom. The maximum Gasteiger partial charge on any atom is 0.191 e. The summed E-state index contributed by atoms with van der Waals surface area (Å²) >= 11 is 1.78. The van der Waals surface area contributed by atoms with E-state index in [-0.39, 0.29) is 12.4 Å². The number of aryl methyl sites for hydroxylation is 1. The fourth-order valence-corrected chi connectivity index (χ4v) is 4.61. The van der Waals surface area contributed by atoms with Crippen LogP contribution in [0.3, 0.4) is 0 Å². The van der Waals surface area contributed by atoms with Gasteiger partial charge in [0.25, 0.3) is 0 Å². The number of rotatable bonds is 7. The highest BCUT2D eigenvalue weighted by molar-refractivity contribution is 7.99. The summed E-state index contributed by atoms with van der Waals surface area (Å²) in [6, 6.07) is 19.6. The number of fused-ring (bicyclic) bond motifs is 1. The van der Waals surface area contributed by atoms with Crippen LogP contribution in [-0.4, -0.2) is 27.1 Å². The predicted molar refractivity (Wildman–Crippen MR) is 119 cm³/mol. The minimum absolute atomic E-state index is 0. The zero-order valence-electron chi connectivity index (χ0n) is 16.2. The zero-order valence-corrected chi connectivity index (χ0v) is 17.8. The monoisotopic (exact) mass is 414 g/mol. The van der Waals surface area contributed by atoms with Crippen LogP contribution in [0.15, 0.2) is 59.8 Å². The molecule has 148 valence electrons. The van der Waals surface area contributed by atoms with Crippen molar-refractivity contribution in [1.29, 1.82) is 0 Å². The Balaban J connectivity index is 0.00000225. The fourth-order valence-electron chi connectivity index (χ4n) is 3.76. The molecule has 1 aliphatic carbocycles. The smallest absolute Gasteiger partial charge is 0.191 e. The molecule has 1 aliphatic rings. The lowest BCUT2D eigenvalue weighted by Gasteiger charge is -2.26. The molecule has 2 aromatic carbocycles. The van der Waals surface area contributed by atoms with Crippen molar-refractivity contribution in [3.05, 3.63) is 65.7 Å². The zero-order chi connectivity index (χ0) is 18.5. The Labute approximate surface area is 177 Å². The van der Waals surface area contributed by atoms with E-state index in [4.69, 9.17) is 0 Å². The first-order valence-corrected chi connectivity index (χ1v) is 10.7. The number of hydrogen-bond donors (Lipinski definition) is 1. The summed E-state index contributed by atoms with van der Waals surface area (Å²) in [7, 11) is 2.04. The van der Waals surface area contributed by atoms with Crippen LogP contribution in [0.2, 0.25) is 0 Å². The van der Waals surface area contributed by atoms with E-state index in [2.05, 4.69) is 56.5 Å². The topological polar surface area (TPSA) is 42.7 Å². The summed E-state index contributed by atoms with van der Waals surface area (Å²) in [4.78, 5) is 0. The number of nitrogens with one attached hydrogen (secondary N) is 1. The number of thioether (sulfide) groups is 1. The van der Waals surface area contributed by atoms with Crippen LogP contribution in [0, 0.1) is 0 Å². The number of aromatic nitrogens is 3. The van der Waals surface area contributed by atoms with E-state index in [1.54, 1.807) is 11.8 Å². The average molecular weight is 415 g/mol. The van der Waals surface area contributed by atoms with Gasteiger partial charge >= 0.3 is 0 Å². The molecule has 28 heavy (non-hydrogen) atoms. The van der Waals surface area contributed by atoms with Gasteiger partial charge in [-0.3, -0.25) is 0 Å². The van der Waals surface area contributed by atoms with Crippen molar-refractivity contribution in [2.24, 2.45) is 7.05 Å². The first-order valence-electron chi connectivity index (χ1n) is 9.72. The van der Waals surface area contributed by atoms with Gasteiger partial charge in [-0.05, 0) is 43.4 Å². The van der Waals surface area contributed by atoms with E-state index in [0.29, 0.717) is 6.04 Å². The summed E-state index contributed by atoms with van der Waals surface area (Å²) in [5.74, 6) is 1.97. The number of halogens is 1. The van der Waals surface area contributed by atoms with Crippen LogP contribution < -0.4 is 5.32 Å². The third-order valence-electron chi connectivity index (χ3n) is 5.18. The average Bonchev–Trinajstić information content (AvgIpc) is 3.09. The molecule has 0 aliphatic heterocycles. The molecule has 0 amide bonds. The van der Waals surface area contributed by atoms with Gasteiger partial charge in [0.2, 0.25) is 0 Å². The Morgan fingerprint density at radius 2 is 1.86 bits per heavy atom. The fraction of sp³-hybridized carbons (Fsp3) is 0.364. The molecule has 0 spiro atoms. The second-order valence-corrected chi connectivity index (χ2v) is 8.09. The van der Waals surface area contributed by atoms with Crippen molar-refractivity contribution < 1.29 is 0 Å². The molecule has 0 radical (unpaired) electrons. The SMILES string of the molecule is Cl.Cn1c(SCCCNC2CCCc3ccccc32)nnc1-c1ccccc1. The van der Waals surface area contributed by atoms with Crippen molar-refractivity contribution in [3.63, 3.8) is 0 Å². The maximum absolute atomic E-state index is 4.36. The van der Waals surface area contributed by atoms with Crippen molar-refractivity contribution in [1.82, 2.24) is 20.1 Å². The van der Waals surface area contributed by atoms with E-state index in [1.807, 2.05) is 25.2 Å². The van der Waals surface area contributed by atoms with Crippen molar-refractivity contribution in [2.45, 2.75) is 36.9 Å². The van der Waals surface area contributed by atoms with Gasteiger partial charge in [-0.1, -0.05) is 66.4 Å². The quantitative estimate of drug-likeness (QED) is 0.433. The summed E-state index contributed by atoms with van der Waals surface area (Å²) in [6.07, 6.45) is 4.87. The number of benzene rings is 2. The van der Waals surface area contributed by atoms with E-state index < -0.39 is 0 Å². The van der Waals surface area contributed by atoms with E-state index in [1.165, 1.54) is 30.4 Å². The van der Waals surface area contributed by atoms with E-state index in [0.717, 1.165) is 35.3 Å². The Kier molecular flexibility index (Phi) is 7.54. The van der Waals surface area contributed by atoms with E-state index >= 15 is 0 Å². The van der Waals surface area contributed by atoms with Gasteiger partial charge in [-0.25, -0.2) is 0 Å². The van der Waals surface area contributed by atoms with Crippen LogP contribution in [0.1, 0.15) is 36.4 Å². The van der Waals surface area contributed by atoms with Crippen molar-refractivity contribution >= 4 is 24.2 Å². The Bertz CT molecular complexity index is 881. The maximum atomic E-state index is 4.36. The first-order chi connectivity index (χ1) is 13.3. The highest BCUT2D eigenvalue weighted by Gasteiger charge is 2.18. The number of hydrogen-bond acceptors (Lipinski definition) is 4. The van der Waals surface area contributed by atoms with Crippen LogP contribution in [0.4, 0.5) is 0 Å². The van der Waals surface area contributed by atoms with Gasteiger partial charge in [-0.15, -0.1) is 22.6 Å². The molecule has 1 atom stereocenters. The summed E-state index contributed by atoms with van der Waals surface area (Å²) in [5, 5.41) is 13.5. The Hall–Kier alpha value is -1.82. The first kappa shape index (κ1) is 20.9. The summed E-state index contributed by atoms with van der Waals surface area (Å²) in [6.45, 7) is 1.04. The Morgan fingerprint density at radius 3 is 2.71 bits per heavy atom. The van der Waals surface area contributed by atoms with Crippen LogP contribution in [-0.2, 0) is 13.5 Å². The van der Waals surface area contributed by atoms with Crippen LogP contribution >= 0.6 is 24.2 Å². The van der Waals surface area contributed by atoms with E-state index in [9.17, 15) is 0 Å². The lowest BCUT2D eigenvalue weighted by molar-refractivity contribution is 0.461. The lowest BCUT2D eigenvalue weighted by atomic mass is 9.88. The van der Waals surface area contributed by atoms with Crippen LogP contribution in [0.5, 0.6) is 0 Å². The van der Waals surface area contributed by atoms with Gasteiger partial charge < -0.3 is 9.88 Å². The molecule has 6 heteroatoms. The summed E-state index contributed by atoms with van der Waals surface area (Å²) < 4.78 is 2.09. The molecule has 4 nitrogen and oxygen atoms in total.